The minimum atomic E-state index is -0.382. The number of nitrogens with one attached hydrogen (secondary N) is 4. The number of amides is 4. The van der Waals surface area contributed by atoms with E-state index in [1.54, 1.807) is 24.3 Å². The topological polar surface area (TPSA) is 218 Å². The number of H-pyrrole nitrogens is 4. The number of aromatic amines is 4. The second-order valence-corrected chi connectivity index (χ2v) is 32.6. The van der Waals surface area contributed by atoms with E-state index in [-0.39, 0.29) is 90.7 Å². The molecule has 9 aliphatic rings. The van der Waals surface area contributed by atoms with Crippen LogP contribution in [-0.4, -0.2) is 221 Å². The van der Waals surface area contributed by atoms with Gasteiger partial charge in [-0.1, -0.05) is 116 Å². The van der Waals surface area contributed by atoms with Crippen LogP contribution in [0.25, 0.3) is 0 Å². The van der Waals surface area contributed by atoms with Crippen molar-refractivity contribution >= 4 is 70.0 Å². The van der Waals surface area contributed by atoms with Gasteiger partial charge in [0.05, 0.1) is 39.3 Å². The molecule has 4 aromatic carbocycles. The maximum absolute atomic E-state index is 13.8. The lowest BCUT2D eigenvalue weighted by Crippen LogP contribution is -2.50. The van der Waals surface area contributed by atoms with E-state index < -0.39 is 0 Å². The average molecular weight is 1620 g/mol. The summed E-state index contributed by atoms with van der Waals surface area (Å²) < 4.78 is 60.4. The van der Waals surface area contributed by atoms with Gasteiger partial charge in [-0.05, 0) is 154 Å². The molecular weight excluding hydrogens is 1520 g/mol. The molecule has 17 rings (SSSR count). The fraction of sp³-hybridized carbons (Fsp3) is 0.518. The summed E-state index contributed by atoms with van der Waals surface area (Å²) in [7, 11) is 0. The van der Waals surface area contributed by atoms with Crippen LogP contribution < -0.4 is 0 Å². The van der Waals surface area contributed by atoms with Crippen LogP contribution in [0.5, 0.6) is 0 Å². The van der Waals surface area contributed by atoms with Crippen LogP contribution in [0.3, 0.4) is 0 Å². The first-order valence-corrected chi connectivity index (χ1v) is 41.5. The fourth-order valence-electron chi connectivity index (χ4n) is 17.6. The van der Waals surface area contributed by atoms with Gasteiger partial charge >= 0.3 is 0 Å². The van der Waals surface area contributed by atoms with Crippen molar-refractivity contribution in [3.8, 4) is 0 Å². The van der Waals surface area contributed by atoms with E-state index in [0.717, 1.165) is 242 Å². The van der Waals surface area contributed by atoms with E-state index in [1.165, 1.54) is 24.3 Å². The van der Waals surface area contributed by atoms with Crippen molar-refractivity contribution in [1.82, 2.24) is 80.0 Å². The Bertz CT molecular complexity index is 4490. The summed E-state index contributed by atoms with van der Waals surface area (Å²) in [6.45, 7) is 23.2. The number of fused-ring (bicyclic) bond motifs is 4. The number of aromatic nitrogens is 8. The molecule has 0 bridgehead atoms. The van der Waals surface area contributed by atoms with Crippen LogP contribution in [0.2, 0.25) is 20.1 Å². The highest BCUT2D eigenvalue weighted by Gasteiger charge is 2.39. The quantitative estimate of drug-likeness (QED) is 0.0746. The van der Waals surface area contributed by atoms with Gasteiger partial charge in [-0.25, -0.2) is 17.6 Å². The van der Waals surface area contributed by atoms with Crippen LogP contribution in [0.4, 0.5) is 17.6 Å². The molecule has 598 valence electrons. The van der Waals surface area contributed by atoms with Crippen molar-refractivity contribution in [1.29, 1.82) is 0 Å². The number of likely N-dealkylation sites (tertiary alicyclic amines) is 4. The third kappa shape index (κ3) is 17.9. The number of nitrogens with zero attached hydrogens (tertiary/aromatic N) is 12. The van der Waals surface area contributed by atoms with Crippen molar-refractivity contribution in [2.75, 3.05) is 111 Å². The number of likely N-dealkylation sites (N-methyl/N-ethyl adjacent to an activating group) is 1. The summed E-state index contributed by atoms with van der Waals surface area (Å²) in [6, 6.07) is 20.3. The molecule has 0 aliphatic carbocycles. The summed E-state index contributed by atoms with van der Waals surface area (Å²) in [6.07, 6.45) is 12.0. The number of carbonyl (C=O) groups is 4. The molecule has 5 saturated heterocycles. The predicted molar refractivity (Wildman–Crippen MR) is 423 cm³/mol. The second-order valence-electron chi connectivity index (χ2n) is 31.0. The Labute approximate surface area is 671 Å². The summed E-state index contributed by atoms with van der Waals surface area (Å²) in [5.41, 5.74) is 14.2. The van der Waals surface area contributed by atoms with Gasteiger partial charge in [-0.3, -0.25) is 59.2 Å². The maximum Gasteiger partial charge on any atom is 0.274 e. The van der Waals surface area contributed by atoms with Gasteiger partial charge in [0, 0.05) is 175 Å². The van der Waals surface area contributed by atoms with E-state index >= 15 is 0 Å². The van der Waals surface area contributed by atoms with E-state index in [2.05, 4.69) is 81.2 Å². The largest absolute Gasteiger partial charge is 0.378 e. The van der Waals surface area contributed by atoms with Gasteiger partial charge in [0.2, 0.25) is 0 Å². The number of ether oxygens (including phenoxy) is 1. The number of rotatable bonds is 14. The zero-order chi connectivity index (χ0) is 78.3. The van der Waals surface area contributed by atoms with Gasteiger partial charge in [-0.15, -0.1) is 0 Å². The number of hydrogen-bond acceptors (Lipinski definition) is 13. The Hall–Kier alpha value is -7.72. The average Bonchev–Trinajstić information content (AvgIpc) is 1.64. The molecule has 4 N–H and O–H groups in total. The number of piperidine rings is 4. The van der Waals surface area contributed by atoms with Crippen molar-refractivity contribution in [3.05, 3.63) is 206 Å². The lowest BCUT2D eigenvalue weighted by Gasteiger charge is -2.39. The zero-order valence-electron chi connectivity index (χ0n) is 64.0. The molecule has 0 atom stereocenters. The molecule has 0 unspecified atom stereocenters. The van der Waals surface area contributed by atoms with Crippen molar-refractivity contribution in [2.45, 2.75) is 167 Å². The van der Waals surface area contributed by atoms with Gasteiger partial charge in [0.1, 0.15) is 23.3 Å². The lowest BCUT2D eigenvalue weighted by atomic mass is 9.89. The third-order valence-corrected chi connectivity index (χ3v) is 25.9. The first-order valence-electron chi connectivity index (χ1n) is 40.0. The summed E-state index contributed by atoms with van der Waals surface area (Å²) >= 11 is 24.6. The second kappa shape index (κ2) is 36.8. The van der Waals surface area contributed by atoms with E-state index in [9.17, 15) is 36.7 Å². The Morgan fingerprint density at radius 1 is 0.384 bits per heavy atom. The standard InChI is InChI=1S/C21H24ClFN4O2.2C21H26ClFN4O.C20H24ClFN4O/c22-19-15(2-1-3-17(19)23)13-4-7-26(8-5-13)21(28)20-16-10-27(14-11-29-12-14)9-6-18(16)24-25-20;2*1-2-9-26-10-8-18-16(13-26)20(25-24-18)21(28)27-11-6-14(7-12-27)15-4-3-5-17(23)19(15)22;1-2-25-9-8-17-15(12-25)19(24-23-17)20(27)26-10-6-13(7-11-26)14-4-3-5-16(22)18(14)21/h1-3,13-14H,4-12H2,(H,24,25);2*3-5,14H,2,6-13H2,1H3,(H,24,25);3-5,13H,2,6-12H2,1H3,(H,23,24). The summed E-state index contributed by atoms with van der Waals surface area (Å²) in [5.74, 6) is -0.823. The molecule has 8 aromatic rings. The van der Waals surface area contributed by atoms with Crippen molar-refractivity contribution in [3.63, 3.8) is 0 Å². The van der Waals surface area contributed by atoms with Crippen LogP contribution >= 0.6 is 46.4 Å². The fourth-order valence-corrected chi connectivity index (χ4v) is 18.7. The highest BCUT2D eigenvalue weighted by molar-refractivity contribution is 6.32. The molecule has 29 heteroatoms. The normalized spacial score (nSPS) is 19.1. The van der Waals surface area contributed by atoms with Gasteiger partial charge in [0.25, 0.3) is 23.6 Å². The first kappa shape index (κ1) is 80.9. The molecule has 112 heavy (non-hydrogen) atoms. The zero-order valence-corrected chi connectivity index (χ0v) is 67.0. The lowest BCUT2D eigenvalue weighted by molar-refractivity contribution is -0.0696. The minimum absolute atomic E-state index is 0.000336. The van der Waals surface area contributed by atoms with Crippen LogP contribution in [-0.2, 0) is 56.6 Å². The summed E-state index contributed by atoms with van der Waals surface area (Å²) in [5, 5.41) is 30.5. The maximum atomic E-state index is 13.8. The van der Waals surface area contributed by atoms with E-state index in [1.807, 2.05) is 43.9 Å². The van der Waals surface area contributed by atoms with E-state index in [4.69, 9.17) is 51.1 Å². The number of benzene rings is 4. The van der Waals surface area contributed by atoms with Crippen molar-refractivity contribution in [2.24, 2.45) is 0 Å². The summed E-state index contributed by atoms with van der Waals surface area (Å²) in [4.78, 5) is 69.4. The Balaban J connectivity index is 0.000000124. The Morgan fingerprint density at radius 2 is 0.652 bits per heavy atom. The molecule has 4 amide bonds. The molecule has 13 heterocycles. The molecule has 5 fully saturated rings. The molecule has 0 saturated carbocycles. The van der Waals surface area contributed by atoms with Crippen LogP contribution in [0, 0.1) is 23.3 Å². The van der Waals surface area contributed by atoms with Crippen molar-refractivity contribution < 1.29 is 41.5 Å². The minimum Gasteiger partial charge on any atom is -0.378 e. The molecule has 0 spiro atoms. The monoisotopic (exact) mass is 1620 g/mol. The van der Waals surface area contributed by atoms with Gasteiger partial charge in [0.15, 0.2) is 22.8 Å². The van der Waals surface area contributed by atoms with Crippen LogP contribution in [0.15, 0.2) is 72.8 Å². The SMILES string of the molecule is CCCN1CCc2[nH]nc(C(=O)N3CCC(c4cccc(F)c4Cl)CC3)c2C1.CCCN1CCc2[nH]nc(C(=O)N3CCC(c4cccc(F)c4Cl)CC3)c2C1.CCN1CCc2[nH]nc(C(=O)N3CCC(c4cccc(F)c4Cl)CC3)c2C1.O=C(c1n[nH]c2c1CN(C1COC1)CC2)N1CCC(c2cccc(F)c2Cl)CC1. The smallest absolute Gasteiger partial charge is 0.274 e. The number of carbonyl (C=O) groups excluding carboxylic acids is 4. The Kier molecular flexibility index (Phi) is 26.6. The molecule has 9 aliphatic heterocycles. The highest BCUT2D eigenvalue weighted by atomic mass is 35.5. The highest BCUT2D eigenvalue weighted by Crippen LogP contribution is 2.40. The number of halogens is 8. The number of hydrogen-bond donors (Lipinski definition) is 4. The van der Waals surface area contributed by atoms with Gasteiger partial charge < -0.3 is 24.3 Å². The van der Waals surface area contributed by atoms with E-state index in [0.29, 0.717) is 81.2 Å². The third-order valence-electron chi connectivity index (χ3n) is 24.3. The molecular formula is C83H100Cl4F4N16O5. The molecule has 4 aromatic heterocycles. The van der Waals surface area contributed by atoms with Gasteiger partial charge in [-0.2, -0.15) is 20.4 Å². The van der Waals surface area contributed by atoms with Crippen LogP contribution in [0.1, 0.15) is 218 Å². The molecule has 21 nitrogen and oxygen atoms in total. The predicted octanol–water partition coefficient (Wildman–Crippen LogP) is 14.6. The first-order chi connectivity index (χ1) is 54.4. The molecule has 0 radical (unpaired) electrons. The Morgan fingerprint density at radius 3 is 0.920 bits per heavy atom.